The van der Waals surface area contributed by atoms with Crippen LogP contribution in [0.1, 0.15) is 54.9 Å². The first-order chi connectivity index (χ1) is 9.43. The Morgan fingerprint density at radius 2 is 1.14 bits per heavy atom. The van der Waals surface area contributed by atoms with E-state index < -0.39 is 35.4 Å². The number of rotatable bonds is 5. The highest BCUT2D eigenvalue weighted by Crippen LogP contribution is 2.49. The molecule has 0 radical (unpaired) electrons. The van der Waals surface area contributed by atoms with Crippen molar-refractivity contribution < 1.29 is 31.1 Å². The van der Waals surface area contributed by atoms with Gasteiger partial charge in [0, 0.05) is 0 Å². The average Bonchev–Trinajstić information content (AvgIpc) is 2.19. The molecule has 0 aromatic carbocycles. The highest BCUT2D eigenvalue weighted by molar-refractivity contribution is 4.93. The first kappa shape index (κ1) is 21.5. The van der Waals surface area contributed by atoms with E-state index in [1.807, 2.05) is 13.8 Å². The molecule has 0 aliphatic heterocycles. The van der Waals surface area contributed by atoms with Crippen molar-refractivity contribution in [2.45, 2.75) is 79.4 Å². The Morgan fingerprint density at radius 3 is 1.36 bits per heavy atom. The second-order valence-electron chi connectivity index (χ2n) is 7.51. The number of alkyl halides is 6. The van der Waals surface area contributed by atoms with E-state index in [9.17, 15) is 26.3 Å². The van der Waals surface area contributed by atoms with Crippen LogP contribution in [-0.4, -0.2) is 24.6 Å². The van der Waals surface area contributed by atoms with Crippen molar-refractivity contribution in [2.24, 2.45) is 16.7 Å². The zero-order valence-corrected chi connectivity index (χ0v) is 14.1. The summed E-state index contributed by atoms with van der Waals surface area (Å²) in [4.78, 5) is 0. The molecule has 2 atom stereocenters. The predicted molar refractivity (Wildman–Crippen MR) is 73.5 cm³/mol. The normalized spacial score (nSPS) is 18.7. The number of ether oxygens (including phenoxy) is 1. The summed E-state index contributed by atoms with van der Waals surface area (Å²) in [5.74, 6) is 0.116. The van der Waals surface area contributed by atoms with Crippen molar-refractivity contribution in [3.05, 3.63) is 0 Å². The highest BCUT2D eigenvalue weighted by Gasteiger charge is 2.60. The zero-order chi connectivity index (χ0) is 18.1. The minimum Gasteiger partial charge on any atom is -0.357 e. The third-order valence-corrected chi connectivity index (χ3v) is 4.38. The quantitative estimate of drug-likeness (QED) is 0.561. The molecule has 0 aliphatic rings. The highest BCUT2D eigenvalue weighted by atomic mass is 19.4. The molecule has 0 bridgehead atoms. The van der Waals surface area contributed by atoms with Gasteiger partial charge in [0.25, 0.3) is 0 Å². The molecule has 0 rings (SSSR count). The molecule has 0 heterocycles. The van der Waals surface area contributed by atoms with Crippen molar-refractivity contribution in [2.75, 3.05) is 0 Å². The van der Waals surface area contributed by atoms with Crippen LogP contribution in [0.5, 0.6) is 0 Å². The van der Waals surface area contributed by atoms with Gasteiger partial charge in [-0.3, -0.25) is 0 Å². The molecule has 0 N–H and O–H groups in total. The first-order valence-corrected chi connectivity index (χ1v) is 7.22. The van der Waals surface area contributed by atoms with Crippen molar-refractivity contribution in [1.29, 1.82) is 0 Å². The number of hydrogen-bond acceptors (Lipinski definition) is 1. The summed E-state index contributed by atoms with van der Waals surface area (Å²) in [7, 11) is 0. The van der Waals surface area contributed by atoms with Crippen LogP contribution < -0.4 is 0 Å². The van der Waals surface area contributed by atoms with Gasteiger partial charge < -0.3 is 4.74 Å². The predicted octanol–water partition coefficient (Wildman–Crippen LogP) is 5.98. The van der Waals surface area contributed by atoms with Gasteiger partial charge in [0.2, 0.25) is 6.10 Å². The molecule has 0 saturated carbocycles. The van der Waals surface area contributed by atoms with Crippen LogP contribution in [0.25, 0.3) is 0 Å². The topological polar surface area (TPSA) is 9.23 Å². The molecular weight excluding hydrogens is 310 g/mol. The molecule has 0 amide bonds. The van der Waals surface area contributed by atoms with Gasteiger partial charge in [-0.05, 0) is 30.1 Å². The Balaban J connectivity index is 5.54. The van der Waals surface area contributed by atoms with E-state index in [4.69, 9.17) is 0 Å². The molecule has 0 fully saturated rings. The minimum atomic E-state index is -5.48. The molecule has 0 saturated heterocycles. The van der Waals surface area contributed by atoms with Crippen LogP contribution in [0.2, 0.25) is 0 Å². The van der Waals surface area contributed by atoms with Crippen molar-refractivity contribution in [1.82, 2.24) is 0 Å². The van der Waals surface area contributed by atoms with Gasteiger partial charge in [0.15, 0.2) is 0 Å². The van der Waals surface area contributed by atoms with Gasteiger partial charge in [-0.15, -0.1) is 0 Å². The summed E-state index contributed by atoms with van der Waals surface area (Å²) in [6.07, 6.45) is -15.5. The van der Waals surface area contributed by atoms with Crippen LogP contribution in [0.3, 0.4) is 0 Å². The Hall–Kier alpha value is -0.460. The Bertz CT molecular complexity index is 339. The maximum absolute atomic E-state index is 12.7. The maximum atomic E-state index is 12.7. The summed E-state index contributed by atoms with van der Waals surface area (Å²) >= 11 is 0. The Kier molecular flexibility index (Phi) is 6.44. The van der Waals surface area contributed by atoms with E-state index >= 15 is 0 Å². The lowest BCUT2D eigenvalue weighted by atomic mass is 9.61. The van der Waals surface area contributed by atoms with Crippen LogP contribution in [0.4, 0.5) is 26.3 Å². The third kappa shape index (κ3) is 5.32. The lowest BCUT2D eigenvalue weighted by Crippen LogP contribution is -2.52. The maximum Gasteiger partial charge on any atom is 0.423 e. The lowest BCUT2D eigenvalue weighted by Gasteiger charge is -2.48. The monoisotopic (exact) mass is 336 g/mol. The van der Waals surface area contributed by atoms with Gasteiger partial charge in [-0.1, -0.05) is 41.5 Å². The summed E-state index contributed by atoms with van der Waals surface area (Å²) in [5.41, 5.74) is -1.35. The molecule has 0 aliphatic carbocycles. The largest absolute Gasteiger partial charge is 0.423 e. The minimum absolute atomic E-state index is 0.116. The third-order valence-electron chi connectivity index (χ3n) is 4.38. The average molecular weight is 336 g/mol. The summed E-state index contributed by atoms with van der Waals surface area (Å²) < 4.78 is 80.6. The number of halogens is 6. The number of hydrogen-bond donors (Lipinski definition) is 0. The zero-order valence-electron chi connectivity index (χ0n) is 14.1. The van der Waals surface area contributed by atoms with E-state index in [1.54, 1.807) is 27.7 Å². The van der Waals surface area contributed by atoms with Crippen LogP contribution in [0.15, 0.2) is 0 Å². The van der Waals surface area contributed by atoms with Crippen molar-refractivity contribution in [3.8, 4) is 0 Å². The fraction of sp³-hybridized carbons (Fsp3) is 1.00. The Morgan fingerprint density at radius 1 is 0.773 bits per heavy atom. The van der Waals surface area contributed by atoms with Gasteiger partial charge >= 0.3 is 12.4 Å². The molecular formula is C15H26F6O. The van der Waals surface area contributed by atoms with Gasteiger partial charge in [0.1, 0.15) is 0 Å². The SMILES string of the molecule is CC(C)CC(C)(C(C)OC(C(F)(F)F)C(F)(F)F)C(C)(C)C. The standard InChI is InChI=1S/C15H26F6O/c1-9(2)8-13(7,12(4,5)6)10(3)22-11(14(16,17)18)15(19,20)21/h9-11H,8H2,1-7H3. The molecule has 22 heavy (non-hydrogen) atoms. The van der Waals surface area contributed by atoms with Gasteiger partial charge in [0.05, 0.1) is 6.10 Å². The smallest absolute Gasteiger partial charge is 0.357 e. The van der Waals surface area contributed by atoms with Gasteiger partial charge in [-0.25, -0.2) is 0 Å². The van der Waals surface area contributed by atoms with Gasteiger partial charge in [-0.2, -0.15) is 26.3 Å². The lowest BCUT2D eigenvalue weighted by molar-refractivity contribution is -0.339. The van der Waals surface area contributed by atoms with E-state index in [0.29, 0.717) is 6.42 Å². The molecule has 1 nitrogen and oxygen atoms in total. The summed E-state index contributed by atoms with van der Waals surface area (Å²) in [5, 5.41) is 0. The van der Waals surface area contributed by atoms with E-state index in [1.165, 1.54) is 6.92 Å². The molecule has 0 spiro atoms. The summed E-state index contributed by atoms with van der Waals surface area (Å²) in [6.45, 7) is 12.1. The van der Waals surface area contributed by atoms with Crippen molar-refractivity contribution in [3.63, 3.8) is 0 Å². The Labute approximate surface area is 128 Å². The van der Waals surface area contributed by atoms with Crippen LogP contribution in [-0.2, 0) is 4.74 Å². The fourth-order valence-electron chi connectivity index (χ4n) is 2.62. The molecule has 0 aromatic rings. The van der Waals surface area contributed by atoms with Crippen LogP contribution in [0, 0.1) is 16.7 Å². The van der Waals surface area contributed by atoms with Crippen LogP contribution >= 0.6 is 0 Å². The van der Waals surface area contributed by atoms with Crippen molar-refractivity contribution >= 4 is 0 Å². The molecule has 2 unspecified atom stereocenters. The van der Waals surface area contributed by atoms with E-state index in [0.717, 1.165) is 0 Å². The molecule has 0 aromatic heterocycles. The molecule has 134 valence electrons. The molecule has 7 heteroatoms. The second kappa shape index (κ2) is 6.57. The fourth-order valence-corrected chi connectivity index (χ4v) is 2.62. The van der Waals surface area contributed by atoms with E-state index in [2.05, 4.69) is 4.74 Å². The second-order valence-corrected chi connectivity index (χ2v) is 7.51. The summed E-state index contributed by atoms with van der Waals surface area (Å²) in [6, 6.07) is 0. The van der Waals surface area contributed by atoms with E-state index in [-0.39, 0.29) is 5.92 Å². The first-order valence-electron chi connectivity index (χ1n) is 7.22.